The number of carboxylic acids is 1. The van der Waals surface area contributed by atoms with Gasteiger partial charge in [0.05, 0.1) is 16.7 Å². The number of carbonyl (C=O) groups excluding carboxylic acids is 1. The van der Waals surface area contributed by atoms with Crippen molar-refractivity contribution < 1.29 is 19.4 Å². The molecule has 0 radical (unpaired) electrons. The summed E-state index contributed by atoms with van der Waals surface area (Å²) in [5, 5.41) is 9.04. The Balaban J connectivity index is 1.94. The lowest BCUT2D eigenvalue weighted by Crippen LogP contribution is -2.41. The fourth-order valence-electron chi connectivity index (χ4n) is 2.16. The minimum atomic E-state index is -0.994. The standard InChI is InChI=1S/C13H14Cl2N2O4/c14-10-6-16-11(15)5-9(10)13(20)17-3-1-8(2-4-17)21-7-12(18)19/h5-6,8H,1-4,7H2,(H,18,19). The molecule has 0 atom stereocenters. The molecule has 1 fully saturated rings. The molecular weight excluding hydrogens is 319 g/mol. The Morgan fingerprint density at radius 1 is 1.38 bits per heavy atom. The normalized spacial score (nSPS) is 16.0. The molecule has 0 spiro atoms. The lowest BCUT2D eigenvalue weighted by Gasteiger charge is -2.31. The Morgan fingerprint density at radius 3 is 2.67 bits per heavy atom. The van der Waals surface area contributed by atoms with Crippen molar-refractivity contribution in [3.8, 4) is 0 Å². The summed E-state index contributed by atoms with van der Waals surface area (Å²) in [6, 6.07) is 1.44. The van der Waals surface area contributed by atoms with E-state index in [1.807, 2.05) is 0 Å². The highest BCUT2D eigenvalue weighted by molar-refractivity contribution is 6.35. The number of hydrogen-bond acceptors (Lipinski definition) is 4. The van der Waals surface area contributed by atoms with E-state index in [1.165, 1.54) is 12.3 Å². The van der Waals surface area contributed by atoms with E-state index >= 15 is 0 Å². The first-order valence-electron chi connectivity index (χ1n) is 6.41. The highest BCUT2D eigenvalue weighted by atomic mass is 35.5. The zero-order valence-electron chi connectivity index (χ0n) is 11.1. The van der Waals surface area contributed by atoms with Crippen LogP contribution in [0.5, 0.6) is 0 Å². The topological polar surface area (TPSA) is 79.7 Å². The fraction of sp³-hybridized carbons (Fsp3) is 0.462. The van der Waals surface area contributed by atoms with Crippen molar-refractivity contribution in [1.82, 2.24) is 9.88 Å². The van der Waals surface area contributed by atoms with E-state index < -0.39 is 5.97 Å². The monoisotopic (exact) mass is 332 g/mol. The first kappa shape index (κ1) is 16.0. The molecule has 1 amide bonds. The van der Waals surface area contributed by atoms with Crippen LogP contribution in [-0.4, -0.2) is 52.7 Å². The highest BCUT2D eigenvalue weighted by Crippen LogP contribution is 2.22. The van der Waals surface area contributed by atoms with Crippen molar-refractivity contribution in [2.45, 2.75) is 18.9 Å². The molecule has 1 N–H and O–H groups in total. The molecule has 0 bridgehead atoms. The molecule has 6 nitrogen and oxygen atoms in total. The number of pyridine rings is 1. The number of halogens is 2. The van der Waals surface area contributed by atoms with Gasteiger partial charge in [-0.2, -0.15) is 0 Å². The minimum Gasteiger partial charge on any atom is -0.480 e. The van der Waals surface area contributed by atoms with Crippen molar-refractivity contribution >= 4 is 35.1 Å². The predicted molar refractivity (Wildman–Crippen MR) is 76.8 cm³/mol. The third-order valence-electron chi connectivity index (χ3n) is 3.22. The fourth-order valence-corrected chi connectivity index (χ4v) is 2.50. The van der Waals surface area contributed by atoms with Gasteiger partial charge >= 0.3 is 5.97 Å². The maximum absolute atomic E-state index is 12.4. The molecule has 0 aliphatic carbocycles. The van der Waals surface area contributed by atoms with Gasteiger partial charge in [0.1, 0.15) is 11.8 Å². The van der Waals surface area contributed by atoms with Crippen molar-refractivity contribution in [3.05, 3.63) is 28.0 Å². The third-order valence-corrected chi connectivity index (χ3v) is 3.73. The maximum Gasteiger partial charge on any atom is 0.329 e. The number of rotatable bonds is 4. The van der Waals surface area contributed by atoms with Crippen LogP contribution in [0.3, 0.4) is 0 Å². The van der Waals surface area contributed by atoms with Crippen LogP contribution in [0.2, 0.25) is 10.2 Å². The predicted octanol–water partition coefficient (Wildman–Crippen LogP) is 2.09. The summed E-state index contributed by atoms with van der Waals surface area (Å²) >= 11 is 11.7. The van der Waals surface area contributed by atoms with Gasteiger partial charge in [0, 0.05) is 19.3 Å². The molecule has 8 heteroatoms. The Morgan fingerprint density at radius 2 is 2.05 bits per heavy atom. The van der Waals surface area contributed by atoms with Crippen LogP contribution in [-0.2, 0) is 9.53 Å². The first-order valence-corrected chi connectivity index (χ1v) is 7.16. The quantitative estimate of drug-likeness (QED) is 0.854. The number of amides is 1. The van der Waals surface area contributed by atoms with Crippen molar-refractivity contribution in [1.29, 1.82) is 0 Å². The smallest absolute Gasteiger partial charge is 0.329 e. The van der Waals surface area contributed by atoms with Crippen LogP contribution < -0.4 is 0 Å². The van der Waals surface area contributed by atoms with Gasteiger partial charge in [-0.1, -0.05) is 23.2 Å². The molecule has 21 heavy (non-hydrogen) atoms. The van der Waals surface area contributed by atoms with E-state index in [0.717, 1.165) is 0 Å². The van der Waals surface area contributed by atoms with Gasteiger partial charge in [0.2, 0.25) is 0 Å². The summed E-state index contributed by atoms with van der Waals surface area (Å²) in [5.74, 6) is -1.20. The van der Waals surface area contributed by atoms with E-state index in [-0.39, 0.29) is 28.8 Å². The van der Waals surface area contributed by atoms with Gasteiger partial charge in [0.15, 0.2) is 0 Å². The summed E-state index contributed by atoms with van der Waals surface area (Å²) in [5.41, 5.74) is 0.321. The number of aromatic nitrogens is 1. The summed E-state index contributed by atoms with van der Waals surface area (Å²) in [7, 11) is 0. The zero-order chi connectivity index (χ0) is 15.4. The molecule has 0 unspecified atom stereocenters. The average Bonchev–Trinajstić information content (AvgIpc) is 2.47. The van der Waals surface area contributed by atoms with Gasteiger partial charge < -0.3 is 14.7 Å². The van der Waals surface area contributed by atoms with Gasteiger partial charge in [0.25, 0.3) is 5.91 Å². The highest BCUT2D eigenvalue weighted by Gasteiger charge is 2.25. The zero-order valence-corrected chi connectivity index (χ0v) is 12.6. The SMILES string of the molecule is O=C(O)COC1CCN(C(=O)c2cc(Cl)ncc2Cl)CC1. The van der Waals surface area contributed by atoms with Gasteiger partial charge in [-0.15, -0.1) is 0 Å². The van der Waals surface area contributed by atoms with Crippen LogP contribution in [0.25, 0.3) is 0 Å². The molecule has 1 saturated heterocycles. The second-order valence-corrected chi connectivity index (χ2v) is 5.48. The molecule has 1 aromatic heterocycles. The number of aliphatic carboxylic acids is 1. The number of ether oxygens (including phenoxy) is 1. The minimum absolute atomic E-state index is 0.137. The lowest BCUT2D eigenvalue weighted by atomic mass is 10.1. The lowest BCUT2D eigenvalue weighted by molar-refractivity contribution is -0.145. The van der Waals surface area contributed by atoms with Crippen LogP contribution in [0, 0.1) is 0 Å². The molecule has 1 aliphatic heterocycles. The van der Waals surface area contributed by atoms with Crippen LogP contribution >= 0.6 is 23.2 Å². The van der Waals surface area contributed by atoms with E-state index in [1.54, 1.807) is 4.90 Å². The molecule has 114 valence electrons. The summed E-state index contributed by atoms with van der Waals surface area (Å²) in [6.45, 7) is 0.656. The molecule has 2 rings (SSSR count). The number of hydrogen-bond donors (Lipinski definition) is 1. The van der Waals surface area contributed by atoms with Crippen LogP contribution in [0.15, 0.2) is 12.3 Å². The summed E-state index contributed by atoms with van der Waals surface area (Å²) in [4.78, 5) is 28.3. The number of likely N-dealkylation sites (tertiary alicyclic amines) is 1. The van der Waals surface area contributed by atoms with E-state index in [2.05, 4.69) is 4.98 Å². The van der Waals surface area contributed by atoms with Crippen molar-refractivity contribution in [3.63, 3.8) is 0 Å². The van der Waals surface area contributed by atoms with E-state index in [4.69, 9.17) is 33.0 Å². The van der Waals surface area contributed by atoms with E-state index in [9.17, 15) is 9.59 Å². The number of piperidine rings is 1. The average molecular weight is 333 g/mol. The second-order valence-electron chi connectivity index (χ2n) is 4.68. The maximum atomic E-state index is 12.4. The van der Waals surface area contributed by atoms with Crippen molar-refractivity contribution in [2.75, 3.05) is 19.7 Å². The number of carbonyl (C=O) groups is 2. The molecular formula is C13H14Cl2N2O4. The van der Waals surface area contributed by atoms with Gasteiger partial charge in [-0.05, 0) is 18.9 Å². The van der Waals surface area contributed by atoms with Crippen LogP contribution in [0.1, 0.15) is 23.2 Å². The van der Waals surface area contributed by atoms with Gasteiger partial charge in [-0.3, -0.25) is 4.79 Å². The third kappa shape index (κ3) is 4.30. The van der Waals surface area contributed by atoms with Crippen LogP contribution in [0.4, 0.5) is 0 Å². The molecule has 1 aromatic rings. The second kappa shape index (κ2) is 7.06. The van der Waals surface area contributed by atoms with E-state index in [0.29, 0.717) is 31.5 Å². The summed E-state index contributed by atoms with van der Waals surface area (Å²) in [6.07, 6.45) is 2.40. The Labute approximate surface area is 131 Å². The summed E-state index contributed by atoms with van der Waals surface area (Å²) < 4.78 is 5.23. The largest absolute Gasteiger partial charge is 0.480 e. The Kier molecular flexibility index (Phi) is 5.39. The Bertz CT molecular complexity index is 545. The van der Waals surface area contributed by atoms with Gasteiger partial charge in [-0.25, -0.2) is 9.78 Å². The molecule has 0 aromatic carbocycles. The van der Waals surface area contributed by atoms with Crippen molar-refractivity contribution in [2.24, 2.45) is 0 Å². The molecule has 1 aliphatic rings. The Hall–Kier alpha value is -1.37. The molecule has 2 heterocycles. The number of nitrogens with zero attached hydrogens (tertiary/aromatic N) is 2. The number of carboxylic acid groups (broad SMARTS) is 1. The molecule has 0 saturated carbocycles. The first-order chi connectivity index (χ1) is 9.97.